The van der Waals surface area contributed by atoms with Crippen molar-refractivity contribution in [3.8, 4) is 0 Å². The minimum absolute atomic E-state index is 0.0186. The number of carbonyl (C=O) groups excluding carboxylic acids is 2. The van der Waals surface area contributed by atoms with E-state index in [4.69, 9.17) is 0 Å². The van der Waals surface area contributed by atoms with Crippen LogP contribution in [0.1, 0.15) is 60.5 Å². The zero-order valence-corrected chi connectivity index (χ0v) is 18.6. The molecule has 1 N–H and O–H groups in total. The van der Waals surface area contributed by atoms with Gasteiger partial charge in [0.2, 0.25) is 5.91 Å². The summed E-state index contributed by atoms with van der Waals surface area (Å²) in [5, 5.41) is 5.18. The summed E-state index contributed by atoms with van der Waals surface area (Å²) in [5.41, 5.74) is -0.695. The molecule has 31 heavy (non-hydrogen) atoms. The highest BCUT2D eigenvalue weighted by Gasteiger charge is 2.34. The number of thiophene rings is 1. The third kappa shape index (κ3) is 5.67. The molecule has 4 nitrogen and oxygen atoms in total. The van der Waals surface area contributed by atoms with Crippen LogP contribution in [0.15, 0.2) is 41.8 Å². The second kappa shape index (κ2) is 9.02. The largest absolute Gasteiger partial charge is 0.416 e. The van der Waals surface area contributed by atoms with Gasteiger partial charge >= 0.3 is 6.18 Å². The van der Waals surface area contributed by atoms with E-state index in [0.717, 1.165) is 17.0 Å². The molecular weight excluding hydrogens is 425 g/mol. The van der Waals surface area contributed by atoms with Crippen molar-refractivity contribution in [2.75, 3.05) is 13.1 Å². The summed E-state index contributed by atoms with van der Waals surface area (Å²) in [4.78, 5) is 28.3. The molecule has 0 radical (unpaired) electrons. The number of hydrogen-bond donors (Lipinski definition) is 1. The van der Waals surface area contributed by atoms with Gasteiger partial charge in [-0.2, -0.15) is 13.2 Å². The number of nitrogens with one attached hydrogen (secondary N) is 1. The maximum absolute atomic E-state index is 12.9. The van der Waals surface area contributed by atoms with Gasteiger partial charge in [0.15, 0.2) is 0 Å². The molecule has 0 saturated carbocycles. The van der Waals surface area contributed by atoms with Gasteiger partial charge in [-0.3, -0.25) is 9.59 Å². The molecule has 2 heterocycles. The molecule has 1 atom stereocenters. The van der Waals surface area contributed by atoms with Crippen LogP contribution in [0, 0.1) is 11.3 Å². The van der Waals surface area contributed by atoms with Gasteiger partial charge in [-0.1, -0.05) is 26.8 Å². The number of alkyl halides is 3. The minimum atomic E-state index is -4.43. The number of carbonyl (C=O) groups is 2. The topological polar surface area (TPSA) is 49.4 Å². The van der Waals surface area contributed by atoms with Gasteiger partial charge in [-0.15, -0.1) is 11.3 Å². The van der Waals surface area contributed by atoms with Gasteiger partial charge in [-0.05, 0) is 54.0 Å². The van der Waals surface area contributed by atoms with Crippen molar-refractivity contribution in [1.29, 1.82) is 0 Å². The van der Waals surface area contributed by atoms with Crippen LogP contribution >= 0.6 is 11.3 Å². The number of halogens is 3. The minimum Gasteiger partial charge on any atom is -0.348 e. The standard InChI is InChI=1S/C23H27F3N2O2S/c1-22(2,3)19(18-5-4-14-31-18)27-20(29)15-10-12-28(13-11-15)21(30)16-6-8-17(9-7-16)23(24,25)26/h4-9,14-15,19H,10-13H2,1-3H3,(H,27,29). The molecule has 1 aliphatic heterocycles. The highest BCUT2D eigenvalue weighted by Crippen LogP contribution is 2.36. The molecule has 0 aliphatic carbocycles. The Bertz CT molecular complexity index is 894. The molecule has 1 fully saturated rings. The van der Waals surface area contributed by atoms with Crippen molar-refractivity contribution in [2.45, 2.75) is 45.8 Å². The predicted octanol–water partition coefficient (Wildman–Crippen LogP) is 5.52. The third-order valence-electron chi connectivity index (χ3n) is 5.59. The molecule has 0 spiro atoms. The summed E-state index contributed by atoms with van der Waals surface area (Å²) in [6.45, 7) is 7.06. The number of amides is 2. The second-order valence-electron chi connectivity index (χ2n) is 8.96. The second-order valence-corrected chi connectivity index (χ2v) is 9.94. The molecule has 1 unspecified atom stereocenters. The van der Waals surface area contributed by atoms with E-state index in [9.17, 15) is 22.8 Å². The summed E-state index contributed by atoms with van der Waals surface area (Å²) in [6.07, 6.45) is -3.37. The smallest absolute Gasteiger partial charge is 0.348 e. The normalized spacial score (nSPS) is 16.8. The first kappa shape index (κ1) is 23.3. The Morgan fingerprint density at radius 2 is 1.68 bits per heavy atom. The number of likely N-dealkylation sites (tertiary alicyclic amines) is 1. The van der Waals surface area contributed by atoms with E-state index in [1.807, 2.05) is 17.5 Å². The molecule has 1 aromatic heterocycles. The van der Waals surface area contributed by atoms with E-state index in [-0.39, 0.29) is 34.8 Å². The van der Waals surface area contributed by atoms with Crippen molar-refractivity contribution in [3.05, 3.63) is 57.8 Å². The number of piperidine rings is 1. The van der Waals surface area contributed by atoms with Crippen LogP contribution in [-0.4, -0.2) is 29.8 Å². The Morgan fingerprint density at radius 1 is 1.06 bits per heavy atom. The summed E-state index contributed by atoms with van der Waals surface area (Å²) in [5.74, 6) is -0.518. The Labute approximate surface area is 184 Å². The van der Waals surface area contributed by atoms with Gasteiger partial charge in [0, 0.05) is 29.4 Å². The van der Waals surface area contributed by atoms with Crippen LogP contribution < -0.4 is 5.32 Å². The van der Waals surface area contributed by atoms with E-state index < -0.39 is 11.7 Å². The number of hydrogen-bond acceptors (Lipinski definition) is 3. The molecule has 1 aliphatic rings. The monoisotopic (exact) mass is 452 g/mol. The Morgan fingerprint density at radius 3 is 2.16 bits per heavy atom. The molecule has 3 rings (SSSR count). The van der Waals surface area contributed by atoms with Crippen LogP contribution in [0.25, 0.3) is 0 Å². The van der Waals surface area contributed by atoms with Gasteiger partial charge in [0.1, 0.15) is 0 Å². The van der Waals surface area contributed by atoms with Crippen LogP contribution in [0.4, 0.5) is 13.2 Å². The number of benzene rings is 1. The van der Waals surface area contributed by atoms with E-state index >= 15 is 0 Å². The molecular formula is C23H27F3N2O2S. The summed E-state index contributed by atoms with van der Waals surface area (Å²) in [7, 11) is 0. The quantitative estimate of drug-likeness (QED) is 0.664. The van der Waals surface area contributed by atoms with Crippen LogP contribution in [-0.2, 0) is 11.0 Å². The predicted molar refractivity (Wildman–Crippen MR) is 115 cm³/mol. The van der Waals surface area contributed by atoms with Crippen molar-refractivity contribution < 1.29 is 22.8 Å². The van der Waals surface area contributed by atoms with Crippen LogP contribution in [0.2, 0.25) is 0 Å². The fraction of sp³-hybridized carbons (Fsp3) is 0.478. The number of nitrogens with zero attached hydrogens (tertiary/aromatic N) is 1. The zero-order chi connectivity index (χ0) is 22.8. The lowest BCUT2D eigenvalue weighted by Gasteiger charge is -2.35. The Kier molecular flexibility index (Phi) is 6.79. The summed E-state index contributed by atoms with van der Waals surface area (Å²) >= 11 is 1.61. The fourth-order valence-corrected chi connectivity index (χ4v) is 4.78. The first-order chi connectivity index (χ1) is 14.5. The molecule has 1 aromatic carbocycles. The molecule has 2 aromatic rings. The maximum Gasteiger partial charge on any atom is 0.416 e. The van der Waals surface area contributed by atoms with E-state index in [2.05, 4.69) is 26.1 Å². The van der Waals surface area contributed by atoms with Crippen molar-refractivity contribution in [2.24, 2.45) is 11.3 Å². The molecule has 168 valence electrons. The van der Waals surface area contributed by atoms with Gasteiger partial charge in [0.25, 0.3) is 5.91 Å². The van der Waals surface area contributed by atoms with Crippen LogP contribution in [0.5, 0.6) is 0 Å². The molecule has 1 saturated heterocycles. The SMILES string of the molecule is CC(C)(C)C(NC(=O)C1CCN(C(=O)c2ccc(C(F)(F)F)cc2)CC1)c1cccs1. The Balaban J connectivity index is 1.58. The third-order valence-corrected chi connectivity index (χ3v) is 6.53. The Hall–Kier alpha value is -2.35. The summed E-state index contributed by atoms with van der Waals surface area (Å²) < 4.78 is 38.1. The van der Waals surface area contributed by atoms with E-state index in [1.54, 1.807) is 16.2 Å². The first-order valence-electron chi connectivity index (χ1n) is 10.3. The van der Waals surface area contributed by atoms with Crippen molar-refractivity contribution in [1.82, 2.24) is 10.2 Å². The highest BCUT2D eigenvalue weighted by molar-refractivity contribution is 7.10. The molecule has 2 amide bonds. The lowest BCUT2D eigenvalue weighted by molar-refractivity contribution is -0.137. The zero-order valence-electron chi connectivity index (χ0n) is 17.8. The van der Waals surface area contributed by atoms with Crippen molar-refractivity contribution in [3.63, 3.8) is 0 Å². The van der Waals surface area contributed by atoms with E-state index in [0.29, 0.717) is 25.9 Å². The molecule has 0 bridgehead atoms. The maximum atomic E-state index is 12.9. The molecule has 8 heteroatoms. The average molecular weight is 453 g/mol. The van der Waals surface area contributed by atoms with Gasteiger partial charge in [0.05, 0.1) is 11.6 Å². The van der Waals surface area contributed by atoms with Crippen LogP contribution in [0.3, 0.4) is 0 Å². The highest BCUT2D eigenvalue weighted by atomic mass is 32.1. The van der Waals surface area contributed by atoms with E-state index in [1.165, 1.54) is 12.1 Å². The lowest BCUT2D eigenvalue weighted by atomic mass is 9.85. The van der Waals surface area contributed by atoms with Gasteiger partial charge in [-0.25, -0.2) is 0 Å². The van der Waals surface area contributed by atoms with Gasteiger partial charge < -0.3 is 10.2 Å². The fourth-order valence-electron chi connectivity index (χ4n) is 3.76. The lowest BCUT2D eigenvalue weighted by Crippen LogP contribution is -2.45. The number of rotatable bonds is 4. The summed E-state index contributed by atoms with van der Waals surface area (Å²) in [6, 6.07) is 8.15. The van der Waals surface area contributed by atoms with Crippen molar-refractivity contribution >= 4 is 23.2 Å². The first-order valence-corrected chi connectivity index (χ1v) is 11.1. The average Bonchev–Trinajstić information content (AvgIpc) is 3.24.